The Morgan fingerprint density at radius 2 is 1.95 bits per heavy atom. The minimum Gasteiger partial charge on any atom is -0.378 e. The third-order valence-corrected chi connectivity index (χ3v) is 6.44. The van der Waals surface area contributed by atoms with Crippen LogP contribution in [0.2, 0.25) is 0 Å². The largest absolute Gasteiger partial charge is 0.378 e. The van der Waals surface area contributed by atoms with Crippen molar-refractivity contribution in [3.63, 3.8) is 0 Å². The number of hydrogen-bond donors (Lipinski definition) is 0. The third-order valence-electron chi connectivity index (χ3n) is 3.51. The molecule has 5 heteroatoms. The van der Waals surface area contributed by atoms with Gasteiger partial charge in [0.15, 0.2) is 4.21 Å². The van der Waals surface area contributed by atoms with Gasteiger partial charge in [-0.25, -0.2) is 0 Å². The highest BCUT2D eigenvalue weighted by Gasteiger charge is 2.20. The van der Waals surface area contributed by atoms with Crippen LogP contribution in [-0.4, -0.2) is 8.42 Å². The van der Waals surface area contributed by atoms with Crippen molar-refractivity contribution >= 4 is 21.5 Å². The van der Waals surface area contributed by atoms with Crippen molar-refractivity contribution in [2.75, 3.05) is 0 Å². The molecule has 0 fully saturated rings. The van der Waals surface area contributed by atoms with Crippen LogP contribution < -0.4 is 4.18 Å². The van der Waals surface area contributed by atoms with E-state index in [1.165, 1.54) is 22.5 Å². The summed E-state index contributed by atoms with van der Waals surface area (Å²) in [6, 6.07) is 9.03. The average Bonchev–Trinajstić information content (AvgIpc) is 3.06. The maximum absolute atomic E-state index is 12.2. The molecule has 0 spiro atoms. The highest BCUT2D eigenvalue weighted by Crippen LogP contribution is 2.29. The third kappa shape index (κ3) is 2.60. The number of hydrogen-bond acceptors (Lipinski definition) is 4. The number of rotatable bonds is 4. The van der Waals surface area contributed by atoms with Crippen molar-refractivity contribution in [1.29, 1.82) is 0 Å². The van der Waals surface area contributed by atoms with Gasteiger partial charge in [0.05, 0.1) is 0 Å². The Morgan fingerprint density at radius 3 is 2.70 bits per heavy atom. The number of fused-ring (bicyclic) bond motifs is 1. The van der Waals surface area contributed by atoms with Gasteiger partial charge in [-0.15, -0.1) is 11.3 Å². The predicted octanol–water partition coefficient (Wildman–Crippen LogP) is 3.57. The molecular formula is C15H16O3S2. The van der Waals surface area contributed by atoms with E-state index in [-0.39, 0.29) is 4.21 Å². The molecule has 0 N–H and O–H groups in total. The van der Waals surface area contributed by atoms with E-state index < -0.39 is 10.1 Å². The molecule has 0 bridgehead atoms. The van der Waals surface area contributed by atoms with Crippen molar-refractivity contribution in [1.82, 2.24) is 0 Å². The van der Waals surface area contributed by atoms with E-state index in [0.717, 1.165) is 30.6 Å². The van der Waals surface area contributed by atoms with Gasteiger partial charge < -0.3 is 4.18 Å². The SMILES string of the molecule is CCc1ccc(S(=O)(=O)Oc2ccc3c(c2)CCC3)s1. The quantitative estimate of drug-likeness (QED) is 0.811. The highest BCUT2D eigenvalue weighted by molar-refractivity contribution is 7.89. The summed E-state index contributed by atoms with van der Waals surface area (Å²) in [4.78, 5) is 1.04. The predicted molar refractivity (Wildman–Crippen MR) is 80.0 cm³/mol. The maximum Gasteiger partial charge on any atom is 0.348 e. The standard InChI is InChI=1S/C15H16O3S2/c1-2-14-8-9-15(19-14)20(16,17)18-13-7-6-11-4-3-5-12(11)10-13/h6-10H,2-5H2,1H3. The lowest BCUT2D eigenvalue weighted by atomic mass is 10.1. The van der Waals surface area contributed by atoms with Crippen LogP contribution in [0.15, 0.2) is 34.5 Å². The van der Waals surface area contributed by atoms with Crippen molar-refractivity contribution in [3.05, 3.63) is 46.3 Å². The molecule has 1 aliphatic carbocycles. The van der Waals surface area contributed by atoms with Crippen molar-refractivity contribution in [2.24, 2.45) is 0 Å². The molecular weight excluding hydrogens is 292 g/mol. The second kappa shape index (κ2) is 5.22. The summed E-state index contributed by atoms with van der Waals surface area (Å²) in [5, 5.41) is 0. The average molecular weight is 308 g/mol. The zero-order chi connectivity index (χ0) is 14.2. The van der Waals surface area contributed by atoms with Gasteiger partial charge in [-0.2, -0.15) is 8.42 Å². The summed E-state index contributed by atoms with van der Waals surface area (Å²) in [6.45, 7) is 2.00. The molecule has 0 radical (unpaired) electrons. The Kier molecular flexibility index (Phi) is 3.56. The fourth-order valence-electron chi connectivity index (χ4n) is 2.45. The van der Waals surface area contributed by atoms with Gasteiger partial charge in [-0.05, 0) is 61.1 Å². The van der Waals surface area contributed by atoms with Gasteiger partial charge in [0.25, 0.3) is 0 Å². The molecule has 1 aromatic carbocycles. The maximum atomic E-state index is 12.2. The second-order valence-electron chi connectivity index (χ2n) is 4.90. The molecule has 2 aromatic rings. The van der Waals surface area contributed by atoms with Crippen LogP contribution in [0.4, 0.5) is 0 Å². The smallest absolute Gasteiger partial charge is 0.348 e. The van der Waals surface area contributed by atoms with Crippen LogP contribution >= 0.6 is 11.3 Å². The van der Waals surface area contributed by atoms with E-state index >= 15 is 0 Å². The molecule has 0 amide bonds. The molecule has 3 nitrogen and oxygen atoms in total. The van der Waals surface area contributed by atoms with Crippen LogP contribution in [0, 0.1) is 0 Å². The fraction of sp³-hybridized carbons (Fsp3) is 0.333. The summed E-state index contributed by atoms with van der Waals surface area (Å²) in [7, 11) is -3.70. The van der Waals surface area contributed by atoms with E-state index in [1.54, 1.807) is 12.1 Å². The van der Waals surface area contributed by atoms with Gasteiger partial charge >= 0.3 is 10.1 Å². The Balaban J connectivity index is 1.86. The van der Waals surface area contributed by atoms with Gasteiger partial charge in [-0.1, -0.05) is 13.0 Å². The van der Waals surface area contributed by atoms with E-state index in [9.17, 15) is 8.42 Å². The van der Waals surface area contributed by atoms with Crippen molar-refractivity contribution in [2.45, 2.75) is 36.8 Å². The molecule has 106 valence electrons. The molecule has 0 unspecified atom stereocenters. The molecule has 1 aromatic heterocycles. The zero-order valence-electron chi connectivity index (χ0n) is 11.3. The lowest BCUT2D eigenvalue weighted by Gasteiger charge is -2.07. The number of aryl methyl sites for hydroxylation is 3. The highest BCUT2D eigenvalue weighted by atomic mass is 32.3. The van der Waals surface area contributed by atoms with Crippen LogP contribution in [0.25, 0.3) is 0 Å². The molecule has 1 heterocycles. The first-order valence-electron chi connectivity index (χ1n) is 6.73. The summed E-state index contributed by atoms with van der Waals surface area (Å²) in [5.41, 5.74) is 2.51. The Bertz CT molecular complexity index is 729. The van der Waals surface area contributed by atoms with Gasteiger partial charge in [-0.3, -0.25) is 0 Å². The van der Waals surface area contributed by atoms with E-state index in [4.69, 9.17) is 4.18 Å². The second-order valence-corrected chi connectivity index (χ2v) is 7.84. The zero-order valence-corrected chi connectivity index (χ0v) is 12.9. The first-order chi connectivity index (χ1) is 9.58. The normalized spacial score (nSPS) is 14.2. The van der Waals surface area contributed by atoms with Gasteiger partial charge in [0, 0.05) is 4.88 Å². The summed E-state index contributed by atoms with van der Waals surface area (Å²) < 4.78 is 30.0. The molecule has 0 atom stereocenters. The van der Waals surface area contributed by atoms with E-state index in [2.05, 4.69) is 0 Å². The van der Waals surface area contributed by atoms with Crippen molar-refractivity contribution in [3.8, 4) is 5.75 Å². The fourth-order valence-corrected chi connectivity index (χ4v) is 4.63. The monoisotopic (exact) mass is 308 g/mol. The lowest BCUT2D eigenvalue weighted by molar-refractivity contribution is 0.488. The minimum absolute atomic E-state index is 0.273. The van der Waals surface area contributed by atoms with E-state index in [1.807, 2.05) is 25.1 Å². The summed E-state index contributed by atoms with van der Waals surface area (Å²) >= 11 is 1.27. The Labute approximate surface area is 123 Å². The lowest BCUT2D eigenvalue weighted by Crippen LogP contribution is -2.08. The Hall–Kier alpha value is -1.33. The van der Waals surface area contributed by atoms with Gasteiger partial charge in [0.1, 0.15) is 5.75 Å². The molecule has 0 saturated heterocycles. The first-order valence-corrected chi connectivity index (χ1v) is 8.96. The van der Waals surface area contributed by atoms with E-state index in [0.29, 0.717) is 5.75 Å². The molecule has 0 aliphatic heterocycles. The van der Waals surface area contributed by atoms with Crippen molar-refractivity contribution < 1.29 is 12.6 Å². The van der Waals surface area contributed by atoms with Crippen LogP contribution in [0.3, 0.4) is 0 Å². The first kappa shape index (κ1) is 13.6. The molecule has 20 heavy (non-hydrogen) atoms. The minimum atomic E-state index is -3.70. The summed E-state index contributed by atoms with van der Waals surface area (Å²) in [6.07, 6.45) is 4.05. The Morgan fingerprint density at radius 1 is 1.15 bits per heavy atom. The topological polar surface area (TPSA) is 43.4 Å². The van der Waals surface area contributed by atoms with Gasteiger partial charge in [0.2, 0.25) is 0 Å². The summed E-state index contributed by atoms with van der Waals surface area (Å²) in [5.74, 6) is 0.414. The molecule has 3 rings (SSSR count). The van der Waals surface area contributed by atoms with Crippen LogP contribution in [0.1, 0.15) is 29.3 Å². The molecule has 1 aliphatic rings. The van der Waals surface area contributed by atoms with Crippen LogP contribution in [0.5, 0.6) is 5.75 Å². The number of benzene rings is 1. The van der Waals surface area contributed by atoms with Crippen LogP contribution in [-0.2, 0) is 29.4 Å². The molecule has 0 saturated carbocycles. The number of thiophene rings is 1.